The van der Waals surface area contributed by atoms with Gasteiger partial charge in [-0.3, -0.25) is 4.79 Å². The standard InChI is InChI=1S/C29H31BO4/c1-28(2)29(3,4)34-30(33-28)21-16-14-19(15-17-21)23-18-24(26(23)20-10-6-5-7-11-20)27(32)22-12-8-9-13-25(22)31/h5-17,23-24,26,31H,18H2,1-4H3/t23-,24-,26-/m1/s1. The van der Waals surface area contributed by atoms with Crippen LogP contribution >= 0.6 is 0 Å². The Morgan fingerprint density at radius 1 is 0.824 bits per heavy atom. The summed E-state index contributed by atoms with van der Waals surface area (Å²) < 4.78 is 12.4. The molecular weight excluding hydrogens is 423 g/mol. The third-order valence-corrected chi connectivity index (χ3v) is 7.96. The van der Waals surface area contributed by atoms with Crippen LogP contribution in [0.2, 0.25) is 0 Å². The van der Waals surface area contributed by atoms with E-state index in [4.69, 9.17) is 9.31 Å². The van der Waals surface area contributed by atoms with Crippen molar-refractivity contribution in [3.63, 3.8) is 0 Å². The molecule has 0 unspecified atom stereocenters. The molecule has 1 heterocycles. The molecular formula is C29H31BO4. The second kappa shape index (κ2) is 8.40. The zero-order valence-corrected chi connectivity index (χ0v) is 20.2. The Bertz CT molecular complexity index is 1170. The van der Waals surface area contributed by atoms with Crippen molar-refractivity contribution < 1.29 is 19.2 Å². The number of phenolic OH excluding ortho intramolecular Hbond substituents is 1. The van der Waals surface area contributed by atoms with Gasteiger partial charge in [-0.1, -0.05) is 66.7 Å². The first-order chi connectivity index (χ1) is 16.2. The zero-order chi connectivity index (χ0) is 24.1. The van der Waals surface area contributed by atoms with Gasteiger partial charge in [0.05, 0.1) is 16.8 Å². The monoisotopic (exact) mass is 454 g/mol. The van der Waals surface area contributed by atoms with Crippen molar-refractivity contribution in [2.45, 2.75) is 57.2 Å². The van der Waals surface area contributed by atoms with Crippen molar-refractivity contribution in [2.75, 3.05) is 0 Å². The van der Waals surface area contributed by atoms with Gasteiger partial charge < -0.3 is 14.4 Å². The maximum absolute atomic E-state index is 13.4. The molecule has 3 aromatic carbocycles. The van der Waals surface area contributed by atoms with Gasteiger partial charge in [0.2, 0.25) is 0 Å². The molecule has 0 amide bonds. The van der Waals surface area contributed by atoms with E-state index in [1.165, 1.54) is 5.56 Å². The van der Waals surface area contributed by atoms with Crippen LogP contribution in [-0.4, -0.2) is 29.2 Å². The van der Waals surface area contributed by atoms with Gasteiger partial charge in [-0.2, -0.15) is 0 Å². The highest BCUT2D eigenvalue weighted by Crippen LogP contribution is 2.54. The van der Waals surface area contributed by atoms with E-state index < -0.39 is 0 Å². The average Bonchev–Trinajstić information content (AvgIpc) is 3.01. The number of ketones is 1. The minimum atomic E-state index is -0.388. The summed E-state index contributed by atoms with van der Waals surface area (Å²) in [5, 5.41) is 10.3. The first-order valence-corrected chi connectivity index (χ1v) is 12.0. The smallest absolute Gasteiger partial charge is 0.494 e. The SMILES string of the molecule is CC1(C)OB(c2ccc([C@H]3C[C@@H](C(=O)c4ccccc4O)[C@@H]3c3ccccc3)cc2)OC1(C)C. The van der Waals surface area contributed by atoms with E-state index in [2.05, 4.69) is 64.1 Å². The van der Waals surface area contributed by atoms with E-state index in [9.17, 15) is 9.90 Å². The summed E-state index contributed by atoms with van der Waals surface area (Å²) in [7, 11) is -0.388. The Hall–Kier alpha value is -2.89. The number of carbonyl (C=O) groups excluding carboxylic acids is 1. The maximum atomic E-state index is 13.4. The summed E-state index contributed by atoms with van der Waals surface area (Å²) >= 11 is 0. The predicted octanol–water partition coefficient (Wildman–Crippen LogP) is 5.46. The molecule has 1 N–H and O–H groups in total. The molecule has 0 aromatic heterocycles. The second-order valence-electron chi connectivity index (χ2n) is 10.5. The lowest BCUT2D eigenvalue weighted by atomic mass is 9.57. The van der Waals surface area contributed by atoms with E-state index in [1.807, 2.05) is 18.2 Å². The van der Waals surface area contributed by atoms with Crippen molar-refractivity contribution in [2.24, 2.45) is 5.92 Å². The number of rotatable bonds is 5. The topological polar surface area (TPSA) is 55.8 Å². The molecule has 5 rings (SSSR count). The number of para-hydroxylation sites is 1. The van der Waals surface area contributed by atoms with Crippen LogP contribution in [0.1, 0.15) is 67.4 Å². The van der Waals surface area contributed by atoms with Gasteiger partial charge in [0.15, 0.2) is 5.78 Å². The molecule has 1 aliphatic heterocycles. The van der Waals surface area contributed by atoms with Gasteiger partial charge in [-0.05, 0) is 68.8 Å². The quantitative estimate of drug-likeness (QED) is 0.411. The van der Waals surface area contributed by atoms with Gasteiger partial charge in [0, 0.05) is 11.8 Å². The van der Waals surface area contributed by atoms with Crippen LogP contribution in [0.3, 0.4) is 0 Å². The van der Waals surface area contributed by atoms with Crippen LogP contribution in [0.25, 0.3) is 0 Å². The van der Waals surface area contributed by atoms with Crippen LogP contribution in [0.5, 0.6) is 5.75 Å². The number of aromatic hydroxyl groups is 1. The lowest BCUT2D eigenvalue weighted by Gasteiger charge is -2.45. The molecule has 1 saturated carbocycles. The summed E-state index contributed by atoms with van der Waals surface area (Å²) in [6.07, 6.45) is 0.753. The molecule has 4 nitrogen and oxygen atoms in total. The van der Waals surface area contributed by atoms with E-state index in [0.29, 0.717) is 5.56 Å². The predicted molar refractivity (Wildman–Crippen MR) is 135 cm³/mol. The summed E-state index contributed by atoms with van der Waals surface area (Å²) in [6.45, 7) is 8.23. The Labute approximate surface area is 202 Å². The van der Waals surface area contributed by atoms with Crippen molar-refractivity contribution in [3.05, 3.63) is 95.6 Å². The third-order valence-electron chi connectivity index (χ3n) is 7.96. The Balaban J connectivity index is 1.40. The van der Waals surface area contributed by atoms with Crippen LogP contribution in [0.15, 0.2) is 78.9 Å². The number of hydrogen-bond acceptors (Lipinski definition) is 4. The molecule has 0 bridgehead atoms. The first-order valence-electron chi connectivity index (χ1n) is 12.0. The average molecular weight is 454 g/mol. The number of phenols is 1. The fourth-order valence-corrected chi connectivity index (χ4v) is 5.17. The number of hydrogen-bond donors (Lipinski definition) is 1. The number of benzene rings is 3. The summed E-state index contributed by atoms with van der Waals surface area (Å²) in [6, 6.07) is 25.5. The highest BCUT2D eigenvalue weighted by molar-refractivity contribution is 6.62. The fourth-order valence-electron chi connectivity index (χ4n) is 5.17. The molecule has 5 heteroatoms. The summed E-state index contributed by atoms with van der Waals surface area (Å²) in [5.74, 6) is 0.195. The fraction of sp³-hybridized carbons (Fsp3) is 0.345. The highest BCUT2D eigenvalue weighted by Gasteiger charge is 2.52. The van der Waals surface area contributed by atoms with Crippen molar-refractivity contribution in [3.8, 4) is 5.75 Å². The van der Waals surface area contributed by atoms with Crippen LogP contribution in [-0.2, 0) is 9.31 Å². The Morgan fingerprint density at radius 2 is 1.41 bits per heavy atom. The molecule has 2 fully saturated rings. The minimum absolute atomic E-state index is 0.0111. The maximum Gasteiger partial charge on any atom is 0.494 e. The molecule has 3 atom stereocenters. The van der Waals surface area contributed by atoms with Crippen LogP contribution in [0, 0.1) is 5.92 Å². The molecule has 2 aliphatic rings. The zero-order valence-electron chi connectivity index (χ0n) is 20.2. The number of Topliss-reactive ketones (excluding diaryl/α,β-unsaturated/α-hetero) is 1. The molecule has 0 radical (unpaired) electrons. The molecule has 3 aromatic rings. The van der Waals surface area contributed by atoms with Crippen LogP contribution < -0.4 is 5.46 Å². The van der Waals surface area contributed by atoms with Crippen molar-refractivity contribution in [1.82, 2.24) is 0 Å². The van der Waals surface area contributed by atoms with Crippen molar-refractivity contribution >= 4 is 18.4 Å². The largest absolute Gasteiger partial charge is 0.507 e. The van der Waals surface area contributed by atoms with Crippen molar-refractivity contribution in [1.29, 1.82) is 0 Å². The summed E-state index contributed by atoms with van der Waals surface area (Å²) in [4.78, 5) is 13.4. The van der Waals surface area contributed by atoms with Gasteiger partial charge in [-0.25, -0.2) is 0 Å². The molecule has 0 spiro atoms. The third kappa shape index (κ3) is 3.87. The van der Waals surface area contributed by atoms with Gasteiger partial charge >= 0.3 is 7.12 Å². The van der Waals surface area contributed by atoms with Crippen LogP contribution in [0.4, 0.5) is 0 Å². The van der Waals surface area contributed by atoms with E-state index in [-0.39, 0.29) is 47.6 Å². The summed E-state index contributed by atoms with van der Waals surface area (Å²) in [5.41, 5.74) is 3.01. The van der Waals surface area contributed by atoms with Gasteiger partial charge in [0.1, 0.15) is 5.75 Å². The Kier molecular flexibility index (Phi) is 5.66. The molecule has 1 saturated heterocycles. The van der Waals surface area contributed by atoms with Gasteiger partial charge in [0.25, 0.3) is 0 Å². The van der Waals surface area contributed by atoms with E-state index in [0.717, 1.165) is 17.4 Å². The lowest BCUT2D eigenvalue weighted by Crippen LogP contribution is -2.41. The highest BCUT2D eigenvalue weighted by atomic mass is 16.7. The Morgan fingerprint density at radius 3 is 2.03 bits per heavy atom. The van der Waals surface area contributed by atoms with E-state index >= 15 is 0 Å². The minimum Gasteiger partial charge on any atom is -0.507 e. The molecule has 1 aliphatic carbocycles. The first kappa shape index (κ1) is 22.9. The molecule has 34 heavy (non-hydrogen) atoms. The second-order valence-corrected chi connectivity index (χ2v) is 10.5. The normalized spacial score (nSPS) is 25.1. The van der Waals surface area contributed by atoms with Gasteiger partial charge in [-0.15, -0.1) is 0 Å². The lowest BCUT2D eigenvalue weighted by molar-refractivity contribution is 0.00578. The molecule has 174 valence electrons. The number of carbonyl (C=O) groups is 1. The van der Waals surface area contributed by atoms with E-state index in [1.54, 1.807) is 24.3 Å².